The maximum absolute atomic E-state index is 12.6. The summed E-state index contributed by atoms with van der Waals surface area (Å²) in [5, 5.41) is 6.19. The highest BCUT2D eigenvalue weighted by Gasteiger charge is 2.32. The highest BCUT2D eigenvalue weighted by molar-refractivity contribution is 5.93. The van der Waals surface area contributed by atoms with E-state index in [2.05, 4.69) is 47.4 Å². The number of rotatable bonds is 9. The average Bonchev–Trinajstić information content (AvgIpc) is 2.80. The van der Waals surface area contributed by atoms with E-state index in [0.29, 0.717) is 36.9 Å². The smallest absolute Gasteiger partial charge is 0.251 e. The first-order chi connectivity index (χ1) is 15.4. The van der Waals surface area contributed by atoms with Gasteiger partial charge in [-0.3, -0.25) is 19.5 Å². The zero-order chi connectivity index (χ0) is 22.9. The fraction of sp³-hybridized carbons (Fsp3) is 0.640. The fourth-order valence-corrected chi connectivity index (χ4v) is 4.80. The molecule has 0 saturated carbocycles. The van der Waals surface area contributed by atoms with Crippen molar-refractivity contribution in [1.82, 2.24) is 20.5 Å². The second-order valence-electron chi connectivity index (χ2n) is 9.37. The quantitative estimate of drug-likeness (QED) is 0.574. The van der Waals surface area contributed by atoms with Crippen LogP contribution < -0.4 is 10.6 Å². The predicted molar refractivity (Wildman–Crippen MR) is 125 cm³/mol. The molecule has 7 nitrogen and oxygen atoms in total. The number of hydrogen-bond acceptors (Lipinski definition) is 5. The molecule has 1 aliphatic heterocycles. The van der Waals surface area contributed by atoms with Crippen LogP contribution >= 0.6 is 0 Å². The third-order valence-corrected chi connectivity index (χ3v) is 6.81. The van der Waals surface area contributed by atoms with Gasteiger partial charge in [0.25, 0.3) is 5.91 Å². The topological polar surface area (TPSA) is 83.6 Å². The normalized spacial score (nSPS) is 24.1. The van der Waals surface area contributed by atoms with Gasteiger partial charge in [-0.25, -0.2) is 0 Å². The molecule has 0 bridgehead atoms. The Morgan fingerprint density at radius 2 is 1.91 bits per heavy atom. The summed E-state index contributed by atoms with van der Waals surface area (Å²) >= 11 is 0. The molecule has 7 heteroatoms. The Kier molecular flexibility index (Phi) is 9.23. The summed E-state index contributed by atoms with van der Waals surface area (Å²) in [6, 6.07) is 3.45. The summed E-state index contributed by atoms with van der Waals surface area (Å²) in [4.78, 5) is 31.3. The predicted octanol–water partition coefficient (Wildman–Crippen LogP) is 2.50. The van der Waals surface area contributed by atoms with E-state index >= 15 is 0 Å². The van der Waals surface area contributed by atoms with Gasteiger partial charge in [0.2, 0.25) is 5.91 Å². The lowest BCUT2D eigenvalue weighted by Gasteiger charge is -2.37. The number of carbonyl (C=O) groups excluding carboxylic acids is 2. The van der Waals surface area contributed by atoms with Crippen LogP contribution in [0, 0.1) is 23.7 Å². The van der Waals surface area contributed by atoms with Gasteiger partial charge < -0.3 is 15.4 Å². The Bertz CT molecular complexity index is 775. The van der Waals surface area contributed by atoms with Crippen LogP contribution in [0.25, 0.3) is 0 Å². The third kappa shape index (κ3) is 7.14. The lowest BCUT2D eigenvalue weighted by atomic mass is 9.69. The van der Waals surface area contributed by atoms with Crippen molar-refractivity contribution in [1.29, 1.82) is 0 Å². The average molecular weight is 443 g/mol. The first-order valence-corrected chi connectivity index (χ1v) is 11.9. The maximum Gasteiger partial charge on any atom is 0.251 e. The molecule has 32 heavy (non-hydrogen) atoms. The van der Waals surface area contributed by atoms with Crippen molar-refractivity contribution in [3.05, 3.63) is 41.7 Å². The molecule has 1 aromatic rings. The Labute approximate surface area is 192 Å². The summed E-state index contributed by atoms with van der Waals surface area (Å²) < 4.78 is 5.37. The molecule has 2 amide bonds. The molecular formula is C25H38N4O3. The SMILES string of the molecule is CC1=C[C@@H](CNC(=O)c2ccncc2)[C@H](C(C)C)C[C@H]1CC(=O)NCCN1CCOCC1. The Balaban J connectivity index is 1.50. The lowest BCUT2D eigenvalue weighted by molar-refractivity contribution is -0.122. The molecule has 2 heterocycles. The van der Waals surface area contributed by atoms with E-state index in [1.54, 1.807) is 24.5 Å². The fourth-order valence-electron chi connectivity index (χ4n) is 4.80. The van der Waals surface area contributed by atoms with Crippen molar-refractivity contribution in [2.24, 2.45) is 23.7 Å². The molecule has 0 aromatic carbocycles. The van der Waals surface area contributed by atoms with Crippen LogP contribution in [-0.2, 0) is 9.53 Å². The first kappa shape index (κ1) is 24.4. The summed E-state index contributed by atoms with van der Waals surface area (Å²) in [7, 11) is 0. The number of nitrogens with zero attached hydrogens (tertiary/aromatic N) is 2. The molecule has 0 spiro atoms. The molecule has 176 valence electrons. The molecule has 1 aromatic heterocycles. The van der Waals surface area contributed by atoms with Crippen molar-refractivity contribution in [3.63, 3.8) is 0 Å². The van der Waals surface area contributed by atoms with Gasteiger partial charge in [-0.15, -0.1) is 0 Å². The molecule has 2 aliphatic rings. The summed E-state index contributed by atoms with van der Waals surface area (Å²) in [5.74, 6) is 1.52. The van der Waals surface area contributed by atoms with E-state index in [-0.39, 0.29) is 23.7 Å². The van der Waals surface area contributed by atoms with Crippen LogP contribution in [0.2, 0.25) is 0 Å². The molecule has 1 aliphatic carbocycles. The van der Waals surface area contributed by atoms with Gasteiger partial charge in [-0.1, -0.05) is 25.5 Å². The minimum atomic E-state index is -0.0669. The minimum Gasteiger partial charge on any atom is -0.379 e. The monoisotopic (exact) mass is 442 g/mol. The zero-order valence-corrected chi connectivity index (χ0v) is 19.7. The van der Waals surface area contributed by atoms with Gasteiger partial charge in [0.1, 0.15) is 0 Å². The van der Waals surface area contributed by atoms with Crippen LogP contribution in [0.5, 0.6) is 0 Å². The summed E-state index contributed by atoms with van der Waals surface area (Å²) in [6.45, 7) is 12.2. The van der Waals surface area contributed by atoms with E-state index in [1.807, 2.05) is 0 Å². The molecule has 2 N–H and O–H groups in total. The van der Waals surface area contributed by atoms with Crippen molar-refractivity contribution in [2.75, 3.05) is 45.9 Å². The molecule has 3 rings (SSSR count). The molecule has 0 unspecified atom stereocenters. The van der Waals surface area contributed by atoms with Crippen LogP contribution in [0.15, 0.2) is 36.2 Å². The number of ether oxygens (including phenoxy) is 1. The highest BCUT2D eigenvalue weighted by atomic mass is 16.5. The largest absolute Gasteiger partial charge is 0.379 e. The van der Waals surface area contributed by atoms with Gasteiger partial charge in [-0.2, -0.15) is 0 Å². The van der Waals surface area contributed by atoms with Gasteiger partial charge >= 0.3 is 0 Å². The number of nitrogens with one attached hydrogen (secondary N) is 2. The number of aromatic nitrogens is 1. The Morgan fingerprint density at radius 1 is 1.19 bits per heavy atom. The van der Waals surface area contributed by atoms with Crippen LogP contribution in [0.1, 0.15) is 44.0 Å². The van der Waals surface area contributed by atoms with E-state index in [0.717, 1.165) is 39.3 Å². The minimum absolute atomic E-state index is 0.0669. The first-order valence-electron chi connectivity index (χ1n) is 11.9. The molecule has 0 radical (unpaired) electrons. The van der Waals surface area contributed by atoms with E-state index < -0.39 is 0 Å². The maximum atomic E-state index is 12.6. The van der Waals surface area contributed by atoms with Gasteiger partial charge in [0.05, 0.1) is 13.2 Å². The Hall–Kier alpha value is -2.25. The van der Waals surface area contributed by atoms with Crippen molar-refractivity contribution in [3.8, 4) is 0 Å². The van der Waals surface area contributed by atoms with Crippen molar-refractivity contribution >= 4 is 11.8 Å². The second kappa shape index (κ2) is 12.1. The van der Waals surface area contributed by atoms with E-state index in [4.69, 9.17) is 4.74 Å². The molecule has 1 fully saturated rings. The van der Waals surface area contributed by atoms with Crippen LogP contribution in [0.4, 0.5) is 0 Å². The number of morpholine rings is 1. The summed E-state index contributed by atoms with van der Waals surface area (Å²) in [5.41, 5.74) is 1.89. The summed E-state index contributed by atoms with van der Waals surface area (Å²) in [6.07, 6.45) is 7.06. The standard InChI is InChI=1S/C25H38N4O3/c1-18(2)23-15-21(16-24(30)27-8-9-29-10-12-32-13-11-29)19(3)14-22(23)17-28-25(31)20-4-6-26-7-5-20/h4-7,14,18,21-23H,8-13,15-17H2,1-3H3,(H,27,30)(H,28,31)/t21-,22-,23-/m0/s1. The second-order valence-corrected chi connectivity index (χ2v) is 9.37. The number of allylic oxidation sites excluding steroid dienone is 1. The van der Waals surface area contributed by atoms with Crippen molar-refractivity contribution in [2.45, 2.75) is 33.6 Å². The zero-order valence-electron chi connectivity index (χ0n) is 19.7. The van der Waals surface area contributed by atoms with E-state index in [9.17, 15) is 9.59 Å². The lowest BCUT2D eigenvalue weighted by Crippen LogP contribution is -2.42. The number of carbonyl (C=O) groups is 2. The highest BCUT2D eigenvalue weighted by Crippen LogP contribution is 2.38. The Morgan fingerprint density at radius 3 is 2.59 bits per heavy atom. The molecule has 3 atom stereocenters. The van der Waals surface area contributed by atoms with Crippen LogP contribution in [0.3, 0.4) is 0 Å². The molecular weight excluding hydrogens is 404 g/mol. The van der Waals surface area contributed by atoms with Gasteiger partial charge in [-0.05, 0) is 49.1 Å². The van der Waals surface area contributed by atoms with Gasteiger partial charge in [0, 0.05) is 57.1 Å². The number of hydrogen-bond donors (Lipinski definition) is 2. The van der Waals surface area contributed by atoms with Gasteiger partial charge in [0.15, 0.2) is 0 Å². The third-order valence-electron chi connectivity index (χ3n) is 6.81. The van der Waals surface area contributed by atoms with Crippen LogP contribution in [-0.4, -0.2) is 67.6 Å². The van der Waals surface area contributed by atoms with Crippen molar-refractivity contribution < 1.29 is 14.3 Å². The van der Waals surface area contributed by atoms with E-state index in [1.165, 1.54) is 5.57 Å². The number of amides is 2. The number of pyridine rings is 1. The molecule has 1 saturated heterocycles.